The van der Waals surface area contributed by atoms with Crippen LogP contribution >= 0.6 is 11.3 Å². The smallest absolute Gasteiger partial charge is 0.303 e. The van der Waals surface area contributed by atoms with Crippen LogP contribution in [0.4, 0.5) is 0 Å². The number of carbonyl (C=O) groups excluding carboxylic acids is 3. The zero-order valence-electron chi connectivity index (χ0n) is 24.8. The highest BCUT2D eigenvalue weighted by Gasteiger charge is 2.48. The van der Waals surface area contributed by atoms with Crippen molar-refractivity contribution >= 4 is 29.1 Å². The van der Waals surface area contributed by atoms with Crippen LogP contribution < -0.4 is 5.32 Å². The number of esters is 1. The van der Waals surface area contributed by atoms with E-state index in [-0.39, 0.29) is 41.9 Å². The fourth-order valence-corrected chi connectivity index (χ4v) is 5.54. The summed E-state index contributed by atoms with van der Waals surface area (Å²) in [6.45, 7) is 16.0. The fraction of sp³-hybridized carbons (Fsp3) is 0.548. The highest BCUT2D eigenvalue weighted by molar-refractivity contribution is 7.09. The SMILES string of the molecule is C=C(CC)CC(=O)N(C)[C@H](C[C@@H](OC(C)=O)c1nc(C(=O)N[C@@H](c2ccc(CC)cc2)C2(C)CO2)cs1)C(C)C. The molecule has 1 aromatic heterocycles. The average Bonchev–Trinajstić information content (AvgIpc) is 3.46. The first-order valence-electron chi connectivity index (χ1n) is 14.0. The number of epoxide rings is 1. The largest absolute Gasteiger partial charge is 0.455 e. The first-order chi connectivity index (χ1) is 18.9. The Balaban J connectivity index is 1.79. The zero-order chi connectivity index (χ0) is 29.6. The molecule has 0 saturated carbocycles. The molecule has 1 N–H and O–H groups in total. The van der Waals surface area contributed by atoms with E-state index in [4.69, 9.17) is 9.47 Å². The van der Waals surface area contributed by atoms with Gasteiger partial charge in [0.2, 0.25) is 5.91 Å². The van der Waals surface area contributed by atoms with Crippen molar-refractivity contribution in [1.82, 2.24) is 15.2 Å². The number of aromatic nitrogens is 1. The molecular weight excluding hydrogens is 526 g/mol. The summed E-state index contributed by atoms with van der Waals surface area (Å²) >= 11 is 1.27. The van der Waals surface area contributed by atoms with Crippen LogP contribution in [0.3, 0.4) is 0 Å². The molecule has 0 radical (unpaired) electrons. The number of thiazole rings is 1. The molecule has 0 aliphatic carbocycles. The topological polar surface area (TPSA) is 101 Å². The number of carbonyl (C=O) groups is 3. The predicted molar refractivity (Wildman–Crippen MR) is 157 cm³/mol. The molecule has 2 heterocycles. The van der Waals surface area contributed by atoms with Gasteiger partial charge in [-0.05, 0) is 36.8 Å². The third-order valence-corrected chi connectivity index (χ3v) is 8.50. The van der Waals surface area contributed by atoms with E-state index < -0.39 is 17.7 Å². The molecule has 0 spiro atoms. The molecule has 2 aromatic rings. The van der Waals surface area contributed by atoms with Gasteiger partial charge in [0, 0.05) is 38.2 Å². The molecule has 1 saturated heterocycles. The third kappa shape index (κ3) is 8.01. The molecular formula is C31H43N3O5S. The molecule has 0 bridgehead atoms. The van der Waals surface area contributed by atoms with Crippen molar-refractivity contribution in [1.29, 1.82) is 0 Å². The van der Waals surface area contributed by atoms with Crippen LogP contribution in [0.5, 0.6) is 0 Å². The van der Waals surface area contributed by atoms with Gasteiger partial charge in [-0.3, -0.25) is 14.4 Å². The summed E-state index contributed by atoms with van der Waals surface area (Å²) in [7, 11) is 1.77. The van der Waals surface area contributed by atoms with Gasteiger partial charge in [-0.2, -0.15) is 0 Å². The first kappa shape index (κ1) is 31.5. The predicted octanol–water partition coefficient (Wildman–Crippen LogP) is 5.80. The number of benzene rings is 1. The Kier molecular flexibility index (Phi) is 10.7. The van der Waals surface area contributed by atoms with Crippen LogP contribution in [0.15, 0.2) is 41.8 Å². The number of ether oxygens (including phenoxy) is 2. The van der Waals surface area contributed by atoms with Gasteiger partial charge in [-0.1, -0.05) is 64.1 Å². The summed E-state index contributed by atoms with van der Waals surface area (Å²) in [5.41, 5.74) is 2.83. The normalized spacial score (nSPS) is 18.5. The van der Waals surface area contributed by atoms with E-state index >= 15 is 0 Å². The molecule has 218 valence electrons. The fourth-order valence-electron chi connectivity index (χ4n) is 4.70. The maximum Gasteiger partial charge on any atom is 0.303 e. The van der Waals surface area contributed by atoms with Crippen LogP contribution in [-0.4, -0.2) is 53.0 Å². The molecule has 1 unspecified atom stereocenters. The maximum absolute atomic E-state index is 13.4. The van der Waals surface area contributed by atoms with Crippen molar-refractivity contribution in [3.05, 3.63) is 63.6 Å². The minimum Gasteiger partial charge on any atom is -0.455 e. The summed E-state index contributed by atoms with van der Waals surface area (Å²) in [6.07, 6.45) is 1.63. The molecule has 1 aliphatic heterocycles. The quantitative estimate of drug-likeness (QED) is 0.175. The second-order valence-corrected chi connectivity index (χ2v) is 12.0. The Hall–Kier alpha value is -3.04. The molecule has 3 rings (SSSR count). The van der Waals surface area contributed by atoms with E-state index in [9.17, 15) is 14.4 Å². The van der Waals surface area contributed by atoms with Gasteiger partial charge in [0.15, 0.2) is 6.10 Å². The Morgan fingerprint density at radius 3 is 2.40 bits per heavy atom. The number of rotatable bonds is 14. The van der Waals surface area contributed by atoms with Crippen molar-refractivity contribution in [2.75, 3.05) is 13.7 Å². The highest BCUT2D eigenvalue weighted by Crippen LogP contribution is 2.40. The second-order valence-electron chi connectivity index (χ2n) is 11.1. The van der Waals surface area contributed by atoms with Crippen molar-refractivity contribution in [2.24, 2.45) is 5.92 Å². The van der Waals surface area contributed by atoms with E-state index in [1.54, 1.807) is 17.3 Å². The van der Waals surface area contributed by atoms with Gasteiger partial charge in [-0.25, -0.2) is 4.98 Å². The lowest BCUT2D eigenvalue weighted by Crippen LogP contribution is -2.41. The van der Waals surface area contributed by atoms with Crippen LogP contribution in [0.2, 0.25) is 0 Å². The van der Waals surface area contributed by atoms with Crippen molar-refractivity contribution in [2.45, 2.75) is 91.0 Å². The molecule has 2 amide bonds. The van der Waals surface area contributed by atoms with E-state index in [1.807, 2.05) is 39.8 Å². The Bertz CT molecular complexity index is 1200. The number of amides is 2. The molecule has 8 nitrogen and oxygen atoms in total. The third-order valence-electron chi connectivity index (χ3n) is 7.56. The average molecular weight is 570 g/mol. The summed E-state index contributed by atoms with van der Waals surface area (Å²) in [5, 5.41) is 5.31. The van der Waals surface area contributed by atoms with Gasteiger partial charge in [0.25, 0.3) is 5.91 Å². The number of nitrogens with one attached hydrogen (secondary N) is 1. The minimum absolute atomic E-state index is 0.0277. The number of aryl methyl sites for hydroxylation is 1. The maximum atomic E-state index is 13.4. The number of hydrogen-bond donors (Lipinski definition) is 1. The molecule has 1 aromatic carbocycles. The molecule has 1 fully saturated rings. The lowest BCUT2D eigenvalue weighted by molar-refractivity contribution is -0.148. The van der Waals surface area contributed by atoms with Gasteiger partial charge in [0.1, 0.15) is 16.3 Å². The molecule has 4 atom stereocenters. The first-order valence-corrected chi connectivity index (χ1v) is 14.8. The minimum atomic E-state index is -0.692. The van der Waals surface area contributed by atoms with Gasteiger partial charge in [0.05, 0.1) is 12.6 Å². The van der Waals surface area contributed by atoms with Crippen LogP contribution in [-0.2, 0) is 25.5 Å². The molecule has 1 aliphatic rings. The number of nitrogens with zero attached hydrogens (tertiary/aromatic N) is 2. The summed E-state index contributed by atoms with van der Waals surface area (Å²) in [4.78, 5) is 44.6. The Morgan fingerprint density at radius 2 is 1.88 bits per heavy atom. The lowest BCUT2D eigenvalue weighted by atomic mass is 9.93. The van der Waals surface area contributed by atoms with Crippen LogP contribution in [0, 0.1) is 5.92 Å². The van der Waals surface area contributed by atoms with Crippen LogP contribution in [0.25, 0.3) is 0 Å². The van der Waals surface area contributed by atoms with Gasteiger partial charge in [-0.15, -0.1) is 11.3 Å². The Morgan fingerprint density at radius 1 is 1.23 bits per heavy atom. The van der Waals surface area contributed by atoms with Gasteiger partial charge >= 0.3 is 5.97 Å². The lowest BCUT2D eigenvalue weighted by Gasteiger charge is -2.33. The summed E-state index contributed by atoms with van der Waals surface area (Å²) < 4.78 is 11.4. The zero-order valence-corrected chi connectivity index (χ0v) is 25.6. The number of hydrogen-bond acceptors (Lipinski definition) is 7. The second kappa shape index (κ2) is 13.5. The monoisotopic (exact) mass is 569 g/mol. The highest BCUT2D eigenvalue weighted by atomic mass is 32.1. The van der Waals surface area contributed by atoms with Gasteiger partial charge < -0.3 is 19.7 Å². The van der Waals surface area contributed by atoms with Crippen molar-refractivity contribution in [3.8, 4) is 0 Å². The summed E-state index contributed by atoms with van der Waals surface area (Å²) in [5.74, 6) is -0.698. The van der Waals surface area contributed by atoms with E-state index in [1.165, 1.54) is 23.8 Å². The van der Waals surface area contributed by atoms with Crippen LogP contribution in [0.1, 0.15) is 99.6 Å². The molecule has 40 heavy (non-hydrogen) atoms. The standard InChI is InChI=1S/C31H43N3O5S/c1-9-20(5)15-27(36)34(8)25(19(3)4)16-26(39-21(6)35)30-32-24(17-40-30)29(37)33-28(31(7)18-38-31)23-13-11-22(10-2)12-14-23/h11-14,17,19,25-26,28H,5,9-10,15-16,18H2,1-4,6-8H3,(H,33,37)/t25-,26-,28+,31?/m1/s1. The van der Waals surface area contributed by atoms with E-state index in [0.717, 1.165) is 24.0 Å². The molecule has 9 heteroatoms. The Labute approximate surface area is 242 Å². The summed E-state index contributed by atoms with van der Waals surface area (Å²) in [6, 6.07) is 7.65. The van der Waals surface area contributed by atoms with E-state index in [0.29, 0.717) is 18.0 Å². The van der Waals surface area contributed by atoms with Crippen molar-refractivity contribution < 1.29 is 23.9 Å². The van der Waals surface area contributed by atoms with Crippen molar-refractivity contribution in [3.63, 3.8) is 0 Å². The van der Waals surface area contributed by atoms with E-state index in [2.05, 4.69) is 35.9 Å².